The van der Waals surface area contributed by atoms with Gasteiger partial charge < -0.3 is 29.7 Å². The Labute approximate surface area is 269 Å². The number of hydrogen-bond donors (Lipinski definition) is 1. The molecule has 0 spiro atoms. The number of carbonyl (C=O) groups excluding carboxylic acids is 1. The number of azo groups is 2. The number of hydrogen-bond acceptors (Lipinski definition) is 13. The molecular weight excluding hydrogens is 554 g/mol. The van der Waals surface area contributed by atoms with Crippen LogP contribution in [-0.2, 0) is 14.2 Å². The minimum atomic E-state index is -1.46. The van der Waals surface area contributed by atoms with Gasteiger partial charge in [-0.25, -0.2) is 0 Å². The second-order valence-electron chi connectivity index (χ2n) is 8.40. The number of phenols is 1. The number of rotatable bonds is 11. The van der Waals surface area contributed by atoms with Gasteiger partial charge in [-0.15, -0.1) is 15.3 Å². The maximum absolute atomic E-state index is 11.1. The van der Waals surface area contributed by atoms with Crippen LogP contribution >= 0.6 is 12.0 Å². The fourth-order valence-corrected chi connectivity index (χ4v) is 4.10. The van der Waals surface area contributed by atoms with Gasteiger partial charge in [-0.3, -0.25) is 5.04 Å². The van der Waals surface area contributed by atoms with E-state index in [-0.39, 0.29) is 76.9 Å². The van der Waals surface area contributed by atoms with Crippen molar-refractivity contribution >= 4 is 51.5 Å². The van der Waals surface area contributed by atoms with E-state index in [0.29, 0.717) is 28.5 Å². The van der Waals surface area contributed by atoms with Crippen LogP contribution in [0.15, 0.2) is 86.0 Å². The molecule has 4 rings (SSSR count). The summed E-state index contributed by atoms with van der Waals surface area (Å²) in [5.74, 6) is -1.47. The summed E-state index contributed by atoms with van der Waals surface area (Å²) in [6.07, 6.45) is 0. The number of carbonyl (C=O) groups is 1. The van der Waals surface area contributed by atoms with Crippen molar-refractivity contribution in [1.29, 1.82) is 0 Å². The zero-order valence-electron chi connectivity index (χ0n) is 23.5. The quantitative estimate of drug-likeness (QED) is 0.0803. The first kappa shape index (κ1) is 34.8. The molecule has 0 saturated carbocycles. The minimum absolute atomic E-state index is 0. The molecule has 0 atom stereocenters. The monoisotopic (exact) mass is 576 g/mol. The van der Waals surface area contributed by atoms with Crippen LogP contribution in [0.4, 0.5) is 22.7 Å². The van der Waals surface area contributed by atoms with E-state index in [0.717, 1.165) is 11.1 Å². The average Bonchev–Trinajstić information content (AvgIpc) is 2.94. The number of carboxylic acids is 1. The summed E-state index contributed by atoms with van der Waals surface area (Å²) in [6.45, 7) is 3.03. The van der Waals surface area contributed by atoms with Crippen molar-refractivity contribution in [2.75, 3.05) is 13.7 Å². The van der Waals surface area contributed by atoms with Crippen LogP contribution in [0, 0.1) is 13.8 Å². The number of methoxy groups -OCH3 is 1. The second-order valence-corrected chi connectivity index (χ2v) is 9.15. The molecular formula is C27H22Li2N4O8S. The van der Waals surface area contributed by atoms with E-state index in [1.165, 1.54) is 19.2 Å². The molecule has 42 heavy (non-hydrogen) atoms. The fraction of sp³-hybridized carbons (Fsp3) is 0.148. The predicted molar refractivity (Wildman–Crippen MR) is 141 cm³/mol. The maximum Gasteiger partial charge on any atom is 1.00 e. The number of phenolic OH excluding ortho intramolecular Hbond substituents is 1. The van der Waals surface area contributed by atoms with E-state index in [1.807, 2.05) is 32.0 Å². The SMILES string of the molecule is COc1cc(N=Nc2c(SOO[O-])cc3ccc(C)cc3c2O)c(OCC(=O)[O-])cc1N=Nc1ccc(C)cc1.[Li+].[Li+]. The Hall–Kier alpha value is -3.37. The summed E-state index contributed by atoms with van der Waals surface area (Å²) in [4.78, 5) is 11.3. The Kier molecular flexibility index (Phi) is 13.5. The topological polar surface area (TPSA) is 170 Å². The van der Waals surface area contributed by atoms with E-state index >= 15 is 0 Å². The van der Waals surface area contributed by atoms with Gasteiger partial charge in [0.25, 0.3) is 0 Å². The Morgan fingerprint density at radius 3 is 2.19 bits per heavy atom. The predicted octanol–water partition coefficient (Wildman–Crippen LogP) is -0.631. The van der Waals surface area contributed by atoms with Gasteiger partial charge in [-0.2, -0.15) is 9.45 Å². The molecule has 0 aliphatic carbocycles. The van der Waals surface area contributed by atoms with E-state index in [1.54, 1.807) is 30.3 Å². The number of nitrogens with zero attached hydrogens (tertiary/aromatic N) is 4. The summed E-state index contributed by atoms with van der Waals surface area (Å²) in [6, 6.07) is 17.2. The molecule has 0 aromatic heterocycles. The molecule has 0 radical (unpaired) electrons. The van der Waals surface area contributed by atoms with Crippen LogP contribution in [0.25, 0.3) is 10.8 Å². The van der Waals surface area contributed by atoms with Crippen molar-refractivity contribution in [3.05, 3.63) is 71.8 Å². The second kappa shape index (κ2) is 16.3. The van der Waals surface area contributed by atoms with E-state index < -0.39 is 12.6 Å². The summed E-state index contributed by atoms with van der Waals surface area (Å²) in [5.41, 5.74) is 2.79. The van der Waals surface area contributed by atoms with Crippen LogP contribution in [-0.4, -0.2) is 24.8 Å². The number of ether oxygens (including phenoxy) is 2. The smallest absolute Gasteiger partial charge is 0.691 e. The fourth-order valence-electron chi connectivity index (χ4n) is 3.60. The van der Waals surface area contributed by atoms with Gasteiger partial charge in [-0.05, 0) is 43.5 Å². The Balaban J connectivity index is 0.00000308. The molecule has 0 heterocycles. The van der Waals surface area contributed by atoms with Gasteiger partial charge in [0.2, 0.25) is 0 Å². The number of benzene rings is 4. The van der Waals surface area contributed by atoms with Gasteiger partial charge in [0.1, 0.15) is 35.2 Å². The first-order valence-corrected chi connectivity index (χ1v) is 12.4. The molecule has 0 amide bonds. The molecule has 0 fully saturated rings. The standard InChI is InChI=1S/C27H24N4O8S.2Li/c1-15-5-8-18(9-6-15)28-29-20-13-23(37-14-25(32)33)21(12-22(20)36-3)30-31-26-24(40-39-38-35)11-17-7-4-16(2)10-19(17)27(26)34;;/h4-13,34-35H,14H2,1-3H3,(H,32,33);;/q;2*+1/p-2. The van der Waals surface area contributed by atoms with E-state index in [4.69, 9.17) is 9.47 Å². The third kappa shape index (κ3) is 8.82. The zero-order chi connectivity index (χ0) is 28.6. The summed E-state index contributed by atoms with van der Waals surface area (Å²) >= 11 is 0.531. The van der Waals surface area contributed by atoms with E-state index in [9.17, 15) is 20.3 Å². The molecule has 4 aromatic carbocycles. The van der Waals surface area contributed by atoms with Crippen molar-refractivity contribution in [1.82, 2.24) is 0 Å². The molecule has 12 nitrogen and oxygen atoms in total. The van der Waals surface area contributed by atoms with Crippen LogP contribution < -0.4 is 57.6 Å². The van der Waals surface area contributed by atoms with Crippen LogP contribution in [0.1, 0.15) is 11.1 Å². The van der Waals surface area contributed by atoms with Crippen molar-refractivity contribution in [3.8, 4) is 17.2 Å². The van der Waals surface area contributed by atoms with Crippen molar-refractivity contribution in [2.45, 2.75) is 18.7 Å². The Morgan fingerprint density at radius 1 is 0.881 bits per heavy atom. The molecule has 206 valence electrons. The normalized spacial score (nSPS) is 11.0. The molecule has 15 heteroatoms. The van der Waals surface area contributed by atoms with Gasteiger partial charge in [0, 0.05) is 17.5 Å². The van der Waals surface area contributed by atoms with Gasteiger partial charge in [-0.1, -0.05) is 35.4 Å². The van der Waals surface area contributed by atoms with E-state index in [2.05, 4.69) is 29.8 Å². The molecule has 0 aliphatic heterocycles. The van der Waals surface area contributed by atoms with Crippen molar-refractivity contribution < 1.29 is 76.8 Å². The first-order chi connectivity index (χ1) is 19.3. The van der Waals surface area contributed by atoms with Crippen LogP contribution in [0.5, 0.6) is 17.2 Å². The van der Waals surface area contributed by atoms with Gasteiger partial charge >= 0.3 is 37.7 Å². The molecule has 0 saturated heterocycles. The van der Waals surface area contributed by atoms with Crippen LogP contribution in [0.2, 0.25) is 0 Å². The van der Waals surface area contributed by atoms with Crippen molar-refractivity contribution in [2.24, 2.45) is 20.5 Å². The Bertz CT molecular complexity index is 1600. The third-order valence-electron chi connectivity index (χ3n) is 5.53. The number of fused-ring (bicyclic) bond motifs is 1. The van der Waals surface area contributed by atoms with Crippen molar-refractivity contribution in [3.63, 3.8) is 0 Å². The number of aliphatic carboxylic acids is 1. The number of aromatic hydroxyl groups is 1. The minimum Gasteiger partial charge on any atom is -0.691 e. The van der Waals surface area contributed by atoms with Gasteiger partial charge in [0.05, 0.1) is 35.7 Å². The summed E-state index contributed by atoms with van der Waals surface area (Å²) < 4.78 is 15.3. The van der Waals surface area contributed by atoms with Crippen LogP contribution in [0.3, 0.4) is 0 Å². The molecule has 4 aromatic rings. The first-order valence-electron chi connectivity index (χ1n) is 11.6. The zero-order valence-corrected chi connectivity index (χ0v) is 24.3. The molecule has 0 unspecified atom stereocenters. The third-order valence-corrected chi connectivity index (χ3v) is 6.15. The van der Waals surface area contributed by atoms with Gasteiger partial charge in [0.15, 0.2) is 5.75 Å². The molecule has 1 N–H and O–H groups in total. The largest absolute Gasteiger partial charge is 1.00 e. The molecule has 0 bridgehead atoms. The molecule has 0 aliphatic rings. The number of carboxylic acid groups (broad SMARTS) is 1. The number of aryl methyl sites for hydroxylation is 2. The average molecular weight is 576 g/mol. The Morgan fingerprint density at radius 2 is 1.52 bits per heavy atom. The summed E-state index contributed by atoms with van der Waals surface area (Å²) in [5, 5.41) is 53.9. The maximum atomic E-state index is 11.1. The summed E-state index contributed by atoms with van der Waals surface area (Å²) in [7, 11) is 1.41.